The van der Waals surface area contributed by atoms with Crippen molar-refractivity contribution >= 4 is 22.5 Å². The van der Waals surface area contributed by atoms with Crippen molar-refractivity contribution in [1.29, 1.82) is 0 Å². The van der Waals surface area contributed by atoms with Gasteiger partial charge in [-0.25, -0.2) is 0 Å². The van der Waals surface area contributed by atoms with E-state index in [0.717, 1.165) is 16.5 Å². The van der Waals surface area contributed by atoms with E-state index in [9.17, 15) is 10.2 Å². The summed E-state index contributed by atoms with van der Waals surface area (Å²) in [6.45, 7) is 0. The van der Waals surface area contributed by atoms with E-state index in [1.807, 2.05) is 12.1 Å². The molecule has 0 saturated heterocycles. The second-order valence-electron chi connectivity index (χ2n) is 5.45. The predicted octanol–water partition coefficient (Wildman–Crippen LogP) is 1.80. The molecule has 0 aliphatic heterocycles. The van der Waals surface area contributed by atoms with Crippen LogP contribution in [0, 0.1) is 11.8 Å². The number of nitrogens with one attached hydrogen (secondary N) is 1. The molecule has 0 bridgehead atoms. The number of halogens is 1. The smallest absolute Gasteiger partial charge is 0.0969 e. The highest BCUT2D eigenvalue weighted by molar-refractivity contribution is 6.31. The van der Waals surface area contributed by atoms with Crippen LogP contribution in [0.5, 0.6) is 0 Å². The summed E-state index contributed by atoms with van der Waals surface area (Å²) in [6.07, 6.45) is 2.81. The summed E-state index contributed by atoms with van der Waals surface area (Å²) in [5.41, 5.74) is 0.865. The minimum Gasteiger partial charge on any atom is -0.393 e. The summed E-state index contributed by atoms with van der Waals surface area (Å²) >= 11 is 6.09. The number of H-pyrrole nitrogens is 1. The third-order valence-corrected chi connectivity index (χ3v) is 4.73. The summed E-state index contributed by atoms with van der Waals surface area (Å²) in [4.78, 5) is 0. The number of aromatic amines is 1. The summed E-state index contributed by atoms with van der Waals surface area (Å²) in [6, 6.07) is 3.63. The van der Waals surface area contributed by atoms with Crippen molar-refractivity contribution in [2.24, 2.45) is 11.8 Å². The molecule has 2 aromatic rings. The van der Waals surface area contributed by atoms with Gasteiger partial charge in [-0.1, -0.05) is 11.6 Å². The van der Waals surface area contributed by atoms with Gasteiger partial charge in [-0.2, -0.15) is 5.10 Å². The lowest BCUT2D eigenvalue weighted by Crippen LogP contribution is -2.19. The van der Waals surface area contributed by atoms with E-state index in [1.165, 1.54) is 0 Å². The van der Waals surface area contributed by atoms with E-state index in [4.69, 9.17) is 11.6 Å². The molecule has 2 aliphatic rings. The van der Waals surface area contributed by atoms with Gasteiger partial charge >= 0.3 is 0 Å². The molecular formula is C13H13ClN2O2. The first-order valence-corrected chi connectivity index (χ1v) is 6.52. The topological polar surface area (TPSA) is 69.1 Å². The average Bonchev–Trinajstić information content (AvgIpc) is 2.78. The van der Waals surface area contributed by atoms with Crippen LogP contribution in [0.2, 0.25) is 5.02 Å². The summed E-state index contributed by atoms with van der Waals surface area (Å²) in [5, 5.41) is 28.8. The molecule has 2 fully saturated rings. The van der Waals surface area contributed by atoms with Crippen LogP contribution in [0.1, 0.15) is 18.4 Å². The van der Waals surface area contributed by atoms with Gasteiger partial charge in [0.1, 0.15) is 0 Å². The van der Waals surface area contributed by atoms with Crippen LogP contribution < -0.4 is 0 Å². The first-order valence-electron chi connectivity index (χ1n) is 6.14. The van der Waals surface area contributed by atoms with E-state index >= 15 is 0 Å². The minimum absolute atomic E-state index is 0.157. The average molecular weight is 265 g/mol. The first-order chi connectivity index (χ1) is 8.60. The van der Waals surface area contributed by atoms with Crippen molar-refractivity contribution in [3.63, 3.8) is 0 Å². The third-order valence-electron chi connectivity index (χ3n) is 4.51. The summed E-state index contributed by atoms with van der Waals surface area (Å²) in [5.74, 6) is 0.313. The number of hydrogen-bond acceptors (Lipinski definition) is 3. The monoisotopic (exact) mass is 264 g/mol. The normalized spacial score (nSPS) is 38.1. The Kier molecular flexibility index (Phi) is 1.95. The fraction of sp³-hybridized carbons (Fsp3) is 0.462. The molecular weight excluding hydrogens is 252 g/mol. The zero-order valence-electron chi connectivity index (χ0n) is 9.60. The number of nitrogens with zero attached hydrogens (tertiary/aromatic N) is 1. The number of aliphatic hydroxyl groups is 2. The standard InChI is InChI=1S/C13H13ClN2O2/c14-6-1-9(8-5-15-16-12(8)2-6)13(18)10-3-7(17)4-11(10)13/h1-2,5,7,10-11,17-18H,3-4H2,(H,15,16)/t7?,10-,11+,13-. The number of fused-ring (bicyclic) bond motifs is 2. The number of aliphatic hydroxyl groups excluding tert-OH is 1. The van der Waals surface area contributed by atoms with Gasteiger partial charge in [0, 0.05) is 22.2 Å². The molecule has 18 heavy (non-hydrogen) atoms. The number of rotatable bonds is 1. The number of benzene rings is 1. The molecule has 3 N–H and O–H groups in total. The van der Waals surface area contributed by atoms with E-state index < -0.39 is 5.60 Å². The van der Waals surface area contributed by atoms with Crippen molar-refractivity contribution in [2.75, 3.05) is 0 Å². The maximum Gasteiger partial charge on any atom is 0.0969 e. The van der Waals surface area contributed by atoms with Gasteiger partial charge in [0.15, 0.2) is 0 Å². The Morgan fingerprint density at radius 3 is 2.78 bits per heavy atom. The molecule has 94 valence electrons. The van der Waals surface area contributed by atoms with Gasteiger partial charge in [-0.3, -0.25) is 5.10 Å². The second-order valence-corrected chi connectivity index (χ2v) is 5.88. The van der Waals surface area contributed by atoms with Crippen molar-refractivity contribution in [3.8, 4) is 0 Å². The zero-order chi connectivity index (χ0) is 12.5. The number of aromatic nitrogens is 2. The van der Waals surface area contributed by atoms with E-state index in [0.29, 0.717) is 17.9 Å². The van der Waals surface area contributed by atoms with Crippen molar-refractivity contribution in [3.05, 3.63) is 28.9 Å². The van der Waals surface area contributed by atoms with E-state index in [-0.39, 0.29) is 17.9 Å². The first kappa shape index (κ1) is 10.8. The van der Waals surface area contributed by atoms with E-state index in [1.54, 1.807) is 6.20 Å². The van der Waals surface area contributed by atoms with Crippen LogP contribution in [-0.2, 0) is 5.60 Å². The zero-order valence-corrected chi connectivity index (χ0v) is 10.4. The molecule has 1 unspecified atom stereocenters. The van der Waals surface area contributed by atoms with Crippen LogP contribution >= 0.6 is 11.6 Å². The molecule has 4 nitrogen and oxygen atoms in total. The Balaban J connectivity index is 1.87. The van der Waals surface area contributed by atoms with Gasteiger partial charge in [0.2, 0.25) is 0 Å². The molecule has 0 radical (unpaired) electrons. The highest BCUT2D eigenvalue weighted by atomic mass is 35.5. The molecule has 2 aliphatic carbocycles. The Hall–Kier alpha value is -1.10. The van der Waals surface area contributed by atoms with Gasteiger partial charge < -0.3 is 10.2 Å². The highest BCUT2D eigenvalue weighted by Crippen LogP contribution is 2.67. The molecule has 1 aromatic carbocycles. The Morgan fingerprint density at radius 2 is 2.06 bits per heavy atom. The molecule has 1 aromatic heterocycles. The second kappa shape index (κ2) is 3.26. The maximum absolute atomic E-state index is 10.8. The molecule has 2 saturated carbocycles. The van der Waals surface area contributed by atoms with Crippen LogP contribution in [0.15, 0.2) is 18.3 Å². The molecule has 0 spiro atoms. The Bertz CT molecular complexity index is 627. The fourth-order valence-electron chi connectivity index (χ4n) is 3.64. The van der Waals surface area contributed by atoms with Crippen LogP contribution in [0.3, 0.4) is 0 Å². The fourth-order valence-corrected chi connectivity index (χ4v) is 3.86. The van der Waals surface area contributed by atoms with Gasteiger partial charge in [-0.15, -0.1) is 0 Å². The van der Waals surface area contributed by atoms with Crippen molar-refractivity contribution in [2.45, 2.75) is 24.5 Å². The molecule has 0 amide bonds. The third kappa shape index (κ3) is 1.20. The largest absolute Gasteiger partial charge is 0.393 e. The lowest BCUT2D eigenvalue weighted by molar-refractivity contribution is 0.0664. The molecule has 5 heteroatoms. The van der Waals surface area contributed by atoms with Gasteiger partial charge in [0.25, 0.3) is 0 Å². The lowest BCUT2D eigenvalue weighted by Gasteiger charge is -2.18. The minimum atomic E-state index is -0.827. The molecule has 4 atom stereocenters. The van der Waals surface area contributed by atoms with Crippen LogP contribution in [0.4, 0.5) is 0 Å². The molecule has 4 rings (SSSR count). The molecule has 1 heterocycles. The Labute approximate surface area is 109 Å². The van der Waals surface area contributed by atoms with Crippen LogP contribution in [-0.4, -0.2) is 26.5 Å². The highest BCUT2D eigenvalue weighted by Gasteiger charge is 2.68. The quantitative estimate of drug-likeness (QED) is 0.736. The van der Waals surface area contributed by atoms with Crippen molar-refractivity contribution in [1.82, 2.24) is 10.2 Å². The summed E-state index contributed by atoms with van der Waals surface area (Å²) in [7, 11) is 0. The predicted molar refractivity (Wildman–Crippen MR) is 67.2 cm³/mol. The van der Waals surface area contributed by atoms with Crippen molar-refractivity contribution < 1.29 is 10.2 Å². The van der Waals surface area contributed by atoms with Gasteiger partial charge in [-0.05, 0) is 30.5 Å². The van der Waals surface area contributed by atoms with Crippen LogP contribution in [0.25, 0.3) is 10.9 Å². The Morgan fingerprint density at radius 1 is 1.33 bits per heavy atom. The summed E-state index contributed by atoms with van der Waals surface area (Å²) < 4.78 is 0. The maximum atomic E-state index is 10.8. The lowest BCUT2D eigenvalue weighted by atomic mass is 9.95. The van der Waals surface area contributed by atoms with Gasteiger partial charge in [0.05, 0.1) is 23.4 Å². The van der Waals surface area contributed by atoms with E-state index in [2.05, 4.69) is 10.2 Å². The number of hydrogen-bond donors (Lipinski definition) is 3. The SMILES string of the molecule is OC1C[C@@H]2[C@H](C1)[C@@]2(O)c1cc(Cl)cc2[nH]ncc12.